The molecular weight excluding hydrogens is 651 g/mol. The van der Waals surface area contributed by atoms with Crippen LogP contribution in [0, 0.1) is 0 Å². The number of allylic oxidation sites excluding steroid dienone is 1. The molecule has 0 bridgehead atoms. The highest BCUT2D eigenvalue weighted by atomic mass is 35.5. The van der Waals surface area contributed by atoms with Gasteiger partial charge in [0.2, 0.25) is 0 Å². The second-order valence-electron chi connectivity index (χ2n) is 10.1. The number of rotatable bonds is 11. The normalized spacial score (nSPS) is 14.4. The minimum absolute atomic E-state index is 0.158. The largest absolute Gasteiger partial charge is 0.497 e. The highest BCUT2D eigenvalue weighted by Crippen LogP contribution is 2.37. The molecule has 2 heterocycles. The van der Waals surface area contributed by atoms with Crippen molar-refractivity contribution in [1.82, 2.24) is 4.57 Å². The van der Waals surface area contributed by atoms with E-state index in [0.29, 0.717) is 60.8 Å². The Morgan fingerprint density at radius 2 is 1.76 bits per heavy atom. The third kappa shape index (κ3) is 6.65. The maximum absolute atomic E-state index is 14.0. The molecule has 0 radical (unpaired) electrons. The lowest BCUT2D eigenvalue weighted by atomic mass is 9.96. The van der Waals surface area contributed by atoms with Crippen LogP contribution in [0.4, 0.5) is 0 Å². The first-order chi connectivity index (χ1) is 22.2. The third-order valence-electron chi connectivity index (χ3n) is 7.23. The maximum Gasteiger partial charge on any atom is 0.338 e. The predicted octanol–water partition coefficient (Wildman–Crippen LogP) is 6.10. The van der Waals surface area contributed by atoms with E-state index in [1.807, 2.05) is 31.2 Å². The number of carbonyl (C=O) groups is 1. The summed E-state index contributed by atoms with van der Waals surface area (Å²) in [4.78, 5) is 32.2. The summed E-state index contributed by atoms with van der Waals surface area (Å²) in [6.45, 7) is 6.08. The first-order valence-electron chi connectivity index (χ1n) is 14.4. The van der Waals surface area contributed by atoms with Crippen molar-refractivity contribution in [1.29, 1.82) is 0 Å². The molecule has 1 aromatic heterocycles. The Bertz CT molecular complexity index is 2000. The number of carbonyl (C=O) groups excluding carboxylic acids is 1. The van der Waals surface area contributed by atoms with Crippen molar-refractivity contribution in [3.8, 4) is 23.0 Å². The van der Waals surface area contributed by atoms with Crippen LogP contribution in [-0.4, -0.2) is 38.0 Å². The van der Waals surface area contributed by atoms with Crippen LogP contribution < -0.4 is 33.8 Å². The molecule has 0 fully saturated rings. The van der Waals surface area contributed by atoms with E-state index in [9.17, 15) is 9.59 Å². The summed E-state index contributed by atoms with van der Waals surface area (Å²) in [5.74, 6) is 1.81. The van der Waals surface area contributed by atoms with Crippen molar-refractivity contribution in [3.05, 3.63) is 112 Å². The molecule has 0 N–H and O–H groups in total. The fraction of sp³-hybridized carbons (Fsp3) is 0.265. The summed E-state index contributed by atoms with van der Waals surface area (Å²) >= 11 is 14.2. The fourth-order valence-corrected chi connectivity index (χ4v) is 6.58. The molecule has 3 aromatic carbocycles. The Morgan fingerprint density at radius 3 is 2.48 bits per heavy atom. The van der Waals surface area contributed by atoms with Gasteiger partial charge in [0.1, 0.15) is 24.1 Å². The Morgan fingerprint density at radius 1 is 0.978 bits per heavy atom. The first-order valence-corrected chi connectivity index (χ1v) is 16.0. The van der Waals surface area contributed by atoms with Crippen LogP contribution in [0.3, 0.4) is 0 Å². The molecule has 240 valence electrons. The zero-order valence-corrected chi connectivity index (χ0v) is 28.2. The van der Waals surface area contributed by atoms with E-state index in [1.54, 1.807) is 64.5 Å². The lowest BCUT2D eigenvalue weighted by molar-refractivity contribution is -0.139. The lowest BCUT2D eigenvalue weighted by Gasteiger charge is -2.25. The summed E-state index contributed by atoms with van der Waals surface area (Å²) < 4.78 is 30.1. The summed E-state index contributed by atoms with van der Waals surface area (Å²) in [7, 11) is 3.20. The number of hydrogen-bond acceptors (Lipinski definition) is 9. The zero-order valence-electron chi connectivity index (χ0n) is 25.9. The average molecular weight is 684 g/mol. The molecule has 0 saturated heterocycles. The van der Waals surface area contributed by atoms with Crippen molar-refractivity contribution < 1.29 is 28.5 Å². The van der Waals surface area contributed by atoms with Crippen molar-refractivity contribution in [2.24, 2.45) is 4.99 Å². The quantitative estimate of drug-likeness (QED) is 0.176. The Hall–Kier alpha value is -4.25. The van der Waals surface area contributed by atoms with Gasteiger partial charge in [-0.25, -0.2) is 9.79 Å². The Labute approximate surface area is 279 Å². The SMILES string of the molecule is CCOC(=O)C1=C(C)N=c2s/c(=C\c3ccc(OCc4cc(OC)ccc4OC)c(OCC)c3)c(=O)n2[C@@H]1c1cccc(Cl)c1Cl. The molecule has 9 nitrogen and oxygen atoms in total. The number of aromatic nitrogens is 1. The van der Waals surface area contributed by atoms with Crippen LogP contribution in [0.15, 0.2) is 75.7 Å². The van der Waals surface area contributed by atoms with E-state index in [0.717, 1.165) is 5.56 Å². The fourth-order valence-electron chi connectivity index (χ4n) is 5.12. The number of esters is 1. The number of thiazole rings is 1. The van der Waals surface area contributed by atoms with Crippen molar-refractivity contribution in [3.63, 3.8) is 0 Å². The molecule has 1 aliphatic rings. The minimum Gasteiger partial charge on any atom is -0.497 e. The molecule has 0 spiro atoms. The summed E-state index contributed by atoms with van der Waals surface area (Å²) in [6.07, 6.45) is 1.75. The molecule has 1 atom stereocenters. The number of methoxy groups -OCH3 is 2. The van der Waals surface area contributed by atoms with E-state index >= 15 is 0 Å². The number of nitrogens with zero attached hydrogens (tertiary/aromatic N) is 2. The monoisotopic (exact) mass is 682 g/mol. The van der Waals surface area contributed by atoms with Gasteiger partial charge in [0.25, 0.3) is 5.56 Å². The topological polar surface area (TPSA) is 97.6 Å². The second kappa shape index (κ2) is 14.5. The Balaban J connectivity index is 1.56. The van der Waals surface area contributed by atoms with Gasteiger partial charge < -0.3 is 23.7 Å². The van der Waals surface area contributed by atoms with Gasteiger partial charge >= 0.3 is 5.97 Å². The highest BCUT2D eigenvalue weighted by Gasteiger charge is 2.35. The lowest BCUT2D eigenvalue weighted by Crippen LogP contribution is -2.40. The van der Waals surface area contributed by atoms with E-state index in [1.165, 1.54) is 15.9 Å². The van der Waals surface area contributed by atoms with Crippen molar-refractivity contribution in [2.75, 3.05) is 27.4 Å². The third-order valence-corrected chi connectivity index (χ3v) is 9.05. The van der Waals surface area contributed by atoms with Crippen LogP contribution in [0.1, 0.15) is 43.5 Å². The van der Waals surface area contributed by atoms with Crippen LogP contribution in [0.2, 0.25) is 10.0 Å². The predicted molar refractivity (Wildman–Crippen MR) is 178 cm³/mol. The molecule has 0 amide bonds. The molecule has 4 aromatic rings. The van der Waals surface area contributed by atoms with Gasteiger partial charge in [0.15, 0.2) is 16.3 Å². The minimum atomic E-state index is -0.882. The highest BCUT2D eigenvalue weighted by molar-refractivity contribution is 7.07. The molecule has 0 aliphatic carbocycles. The number of halogens is 2. The van der Waals surface area contributed by atoms with Crippen LogP contribution in [0.25, 0.3) is 6.08 Å². The molecule has 0 unspecified atom stereocenters. The number of ether oxygens (including phenoxy) is 5. The second-order valence-corrected chi connectivity index (χ2v) is 11.8. The average Bonchev–Trinajstić information content (AvgIpc) is 3.35. The van der Waals surface area contributed by atoms with E-state index in [2.05, 4.69) is 4.99 Å². The number of fused-ring (bicyclic) bond motifs is 1. The van der Waals surface area contributed by atoms with Gasteiger partial charge in [-0.15, -0.1) is 0 Å². The van der Waals surface area contributed by atoms with Gasteiger partial charge in [0.05, 0.1) is 53.3 Å². The van der Waals surface area contributed by atoms with Gasteiger partial charge in [0, 0.05) is 11.1 Å². The molecule has 5 rings (SSSR count). The van der Waals surface area contributed by atoms with E-state index in [4.69, 9.17) is 46.9 Å². The van der Waals surface area contributed by atoms with Gasteiger partial charge in [-0.1, -0.05) is 52.7 Å². The van der Waals surface area contributed by atoms with Crippen molar-refractivity contribution in [2.45, 2.75) is 33.4 Å². The summed E-state index contributed by atoms with van der Waals surface area (Å²) in [5, 5.41) is 0.540. The first kappa shape index (κ1) is 33.1. The number of hydrogen-bond donors (Lipinski definition) is 0. The summed E-state index contributed by atoms with van der Waals surface area (Å²) in [5.41, 5.74) is 2.31. The van der Waals surface area contributed by atoms with Gasteiger partial charge in [-0.05, 0) is 68.8 Å². The summed E-state index contributed by atoms with van der Waals surface area (Å²) in [6, 6.07) is 15.1. The molecular formula is C34H32Cl2N2O7S. The van der Waals surface area contributed by atoms with Crippen LogP contribution in [-0.2, 0) is 16.1 Å². The smallest absolute Gasteiger partial charge is 0.338 e. The van der Waals surface area contributed by atoms with Crippen LogP contribution >= 0.6 is 34.5 Å². The zero-order chi connectivity index (χ0) is 33.0. The van der Waals surface area contributed by atoms with Gasteiger partial charge in [-0.2, -0.15) is 0 Å². The van der Waals surface area contributed by atoms with Crippen LogP contribution in [0.5, 0.6) is 23.0 Å². The maximum atomic E-state index is 14.0. The number of benzene rings is 3. The molecule has 0 saturated carbocycles. The molecule has 46 heavy (non-hydrogen) atoms. The van der Waals surface area contributed by atoms with Gasteiger partial charge in [-0.3, -0.25) is 9.36 Å². The van der Waals surface area contributed by atoms with E-state index < -0.39 is 12.0 Å². The Kier molecular flexibility index (Phi) is 10.4. The standard InChI is InChI=1S/C34H32Cl2N2O7S/c1-6-43-27-15-20(11-13-26(27)45-18-21-17-22(41-4)12-14-25(21)42-5)16-28-32(39)38-31(23-9-8-10-24(35)30(23)36)29(33(40)44-7-2)19(3)37-34(38)46-28/h8-17,31H,6-7,18H2,1-5H3/b28-16-/t31-/m1/s1. The molecule has 1 aliphatic heterocycles. The molecule has 12 heteroatoms. The van der Waals surface area contributed by atoms with E-state index in [-0.39, 0.29) is 29.4 Å². The van der Waals surface area contributed by atoms with Crippen molar-refractivity contribution >= 4 is 46.6 Å².